The molecule has 136 valence electrons. The quantitative estimate of drug-likeness (QED) is 0.570. The molecule has 0 aliphatic heterocycles. The van der Waals surface area contributed by atoms with Gasteiger partial charge in [-0.15, -0.1) is 0 Å². The number of rotatable bonds is 7. The predicted molar refractivity (Wildman–Crippen MR) is 110 cm³/mol. The second-order valence-electron chi connectivity index (χ2n) is 9.44. The van der Waals surface area contributed by atoms with Crippen LogP contribution in [0.1, 0.15) is 11.7 Å². The maximum absolute atomic E-state index is 13.1. The minimum absolute atomic E-state index is 0.0690. The summed E-state index contributed by atoms with van der Waals surface area (Å²) in [5.41, 5.74) is 0.887. The fraction of sp³-hybridized carbons (Fsp3) is 0.611. The van der Waals surface area contributed by atoms with E-state index in [1.165, 1.54) is 0 Å². The normalized spacial score (nSPS) is 15.7. The van der Waals surface area contributed by atoms with Crippen molar-refractivity contribution in [2.24, 2.45) is 0 Å². The molecule has 1 aromatic rings. The van der Waals surface area contributed by atoms with E-state index in [1.54, 1.807) is 0 Å². The maximum Gasteiger partial charge on any atom is 0.295 e. The van der Waals surface area contributed by atoms with Crippen molar-refractivity contribution in [1.82, 2.24) is 0 Å². The third kappa shape index (κ3) is 7.04. The highest BCUT2D eigenvalue weighted by Gasteiger charge is 2.44. The molecule has 2 atom stereocenters. The zero-order chi connectivity index (χ0) is 18.8. The summed E-state index contributed by atoms with van der Waals surface area (Å²) in [5.74, 6) is -0.0690. The summed E-state index contributed by atoms with van der Waals surface area (Å²) in [6.45, 7) is 19.4. The SMILES string of the molecule is C[Si](C)(C)OC(=O)[C@@H]([C@H](O[Si](C)(C)C)c1ccccc1)[Si](C)(C)C. The number of carbonyl (C=O) groups is 1. The third-order valence-corrected chi connectivity index (χ3v) is 7.68. The second-order valence-corrected chi connectivity index (χ2v) is 23.7. The van der Waals surface area contributed by atoms with E-state index in [4.69, 9.17) is 8.85 Å². The maximum atomic E-state index is 13.1. The Kier molecular flexibility index (Phi) is 6.83. The molecule has 0 bridgehead atoms. The lowest BCUT2D eigenvalue weighted by Crippen LogP contribution is -2.45. The first-order chi connectivity index (χ1) is 10.7. The third-order valence-electron chi connectivity index (χ3n) is 3.51. The molecular weight excluding hydrogens is 348 g/mol. The smallest absolute Gasteiger partial charge is 0.295 e. The first-order valence-electron chi connectivity index (χ1n) is 8.66. The van der Waals surface area contributed by atoms with E-state index in [-0.39, 0.29) is 17.6 Å². The van der Waals surface area contributed by atoms with E-state index in [0.29, 0.717) is 0 Å². The minimum atomic E-state index is -1.94. The molecule has 0 unspecified atom stereocenters. The van der Waals surface area contributed by atoms with E-state index in [2.05, 4.69) is 71.1 Å². The van der Waals surface area contributed by atoms with Crippen LogP contribution < -0.4 is 0 Å². The van der Waals surface area contributed by atoms with Gasteiger partial charge >= 0.3 is 0 Å². The Morgan fingerprint density at radius 3 is 1.71 bits per heavy atom. The van der Waals surface area contributed by atoms with Crippen molar-refractivity contribution in [3.05, 3.63) is 35.9 Å². The Hall–Kier alpha value is -0.699. The molecule has 0 fully saturated rings. The van der Waals surface area contributed by atoms with Crippen LogP contribution in [0.5, 0.6) is 0 Å². The molecule has 0 amide bonds. The molecule has 0 aliphatic rings. The lowest BCUT2D eigenvalue weighted by atomic mass is 10.1. The average molecular weight is 383 g/mol. The van der Waals surface area contributed by atoms with Gasteiger partial charge in [-0.2, -0.15) is 0 Å². The van der Waals surface area contributed by atoms with Crippen molar-refractivity contribution in [3.63, 3.8) is 0 Å². The molecule has 24 heavy (non-hydrogen) atoms. The Balaban J connectivity index is 3.33. The second kappa shape index (κ2) is 7.68. The molecule has 0 spiro atoms. The summed E-state index contributed by atoms with van der Waals surface area (Å²) in [5, 5.41) is 0. The molecule has 0 saturated carbocycles. The van der Waals surface area contributed by atoms with Crippen molar-refractivity contribution in [2.75, 3.05) is 0 Å². The summed E-state index contributed by atoms with van der Waals surface area (Å²) in [6.07, 6.45) is -0.214. The largest absolute Gasteiger partial charge is 0.520 e. The fourth-order valence-electron chi connectivity index (χ4n) is 2.65. The van der Waals surface area contributed by atoms with E-state index in [0.717, 1.165) is 5.56 Å². The van der Waals surface area contributed by atoms with Crippen molar-refractivity contribution in [3.8, 4) is 0 Å². The van der Waals surface area contributed by atoms with Gasteiger partial charge in [-0.3, -0.25) is 4.79 Å². The van der Waals surface area contributed by atoms with Crippen molar-refractivity contribution < 1.29 is 13.6 Å². The van der Waals surface area contributed by atoms with Crippen LogP contribution in [0.4, 0.5) is 0 Å². The van der Waals surface area contributed by atoms with E-state index < -0.39 is 24.7 Å². The first-order valence-corrected chi connectivity index (χ1v) is 19.1. The Labute approximate surface area is 151 Å². The molecule has 0 aliphatic carbocycles. The van der Waals surface area contributed by atoms with Gasteiger partial charge in [-0.05, 0) is 44.8 Å². The molecule has 6 heteroatoms. The topological polar surface area (TPSA) is 35.5 Å². The van der Waals surface area contributed by atoms with Crippen LogP contribution >= 0.6 is 0 Å². The number of hydrogen-bond acceptors (Lipinski definition) is 3. The lowest BCUT2D eigenvalue weighted by Gasteiger charge is -2.38. The Morgan fingerprint density at radius 1 is 0.833 bits per heavy atom. The molecule has 1 aromatic carbocycles. The van der Waals surface area contributed by atoms with Gasteiger partial charge in [-0.25, -0.2) is 0 Å². The molecule has 1 rings (SSSR count). The van der Waals surface area contributed by atoms with Gasteiger partial charge in [0.15, 0.2) is 8.32 Å². The lowest BCUT2D eigenvalue weighted by molar-refractivity contribution is -0.137. The standard InChI is InChI=1S/C18H34O3Si3/c1-22(2,3)17(18(19)21-24(7,8)9)16(20-23(4,5)6)15-13-11-10-12-14-15/h10-14,16-17H,1-9H3/t16-,17-/m1/s1. The summed E-state index contributed by atoms with van der Waals surface area (Å²) in [7, 11) is -5.61. The molecule has 0 heterocycles. The summed E-state index contributed by atoms with van der Waals surface area (Å²) in [6, 6.07) is 10.2. The van der Waals surface area contributed by atoms with Crippen molar-refractivity contribution in [2.45, 2.75) is 70.6 Å². The van der Waals surface area contributed by atoms with Gasteiger partial charge in [0.05, 0.1) is 19.7 Å². The van der Waals surface area contributed by atoms with Crippen LogP contribution in [0.2, 0.25) is 64.5 Å². The predicted octanol–water partition coefficient (Wildman–Crippen LogP) is 5.67. The van der Waals surface area contributed by atoms with Gasteiger partial charge in [0.1, 0.15) is 0 Å². The zero-order valence-corrected chi connectivity index (χ0v) is 19.8. The number of hydrogen-bond donors (Lipinski definition) is 0. The summed E-state index contributed by atoms with van der Waals surface area (Å²) >= 11 is 0. The highest BCUT2D eigenvalue weighted by Crippen LogP contribution is 2.41. The van der Waals surface area contributed by atoms with Gasteiger partial charge in [0.25, 0.3) is 5.97 Å². The van der Waals surface area contributed by atoms with E-state index in [9.17, 15) is 4.79 Å². The van der Waals surface area contributed by atoms with Crippen molar-refractivity contribution in [1.29, 1.82) is 0 Å². The Bertz CT molecular complexity index is 539. The summed E-state index contributed by atoms with van der Waals surface area (Å²) < 4.78 is 12.4. The summed E-state index contributed by atoms with van der Waals surface area (Å²) in [4.78, 5) is 13.1. The van der Waals surface area contributed by atoms with Crippen LogP contribution in [-0.2, 0) is 13.6 Å². The molecule has 3 nitrogen and oxygen atoms in total. The molecule has 0 radical (unpaired) electrons. The minimum Gasteiger partial charge on any atom is -0.520 e. The number of carbonyl (C=O) groups excluding carboxylic acids is 1. The number of benzene rings is 1. The average Bonchev–Trinajstić information content (AvgIpc) is 2.33. The van der Waals surface area contributed by atoms with Gasteiger partial charge < -0.3 is 8.85 Å². The molecule has 0 aromatic heterocycles. The van der Waals surface area contributed by atoms with Crippen LogP contribution in [0.15, 0.2) is 30.3 Å². The monoisotopic (exact) mass is 382 g/mol. The van der Waals surface area contributed by atoms with Gasteiger partial charge in [0.2, 0.25) is 8.32 Å². The van der Waals surface area contributed by atoms with Crippen LogP contribution in [-0.4, -0.2) is 30.7 Å². The highest BCUT2D eigenvalue weighted by molar-refractivity contribution is 6.81. The van der Waals surface area contributed by atoms with E-state index >= 15 is 0 Å². The van der Waals surface area contributed by atoms with Crippen LogP contribution in [0, 0.1) is 0 Å². The molecular formula is C18H34O3Si3. The molecule has 0 N–H and O–H groups in total. The van der Waals surface area contributed by atoms with Crippen LogP contribution in [0.3, 0.4) is 0 Å². The Morgan fingerprint density at radius 2 is 1.33 bits per heavy atom. The van der Waals surface area contributed by atoms with Gasteiger partial charge in [0, 0.05) is 0 Å². The first kappa shape index (κ1) is 21.3. The van der Waals surface area contributed by atoms with Gasteiger partial charge in [-0.1, -0.05) is 50.0 Å². The highest BCUT2D eigenvalue weighted by atomic mass is 28.4. The van der Waals surface area contributed by atoms with Crippen molar-refractivity contribution >= 4 is 30.7 Å². The molecule has 0 saturated heterocycles. The zero-order valence-electron chi connectivity index (χ0n) is 16.8. The fourth-order valence-corrected chi connectivity index (χ4v) is 6.60. The van der Waals surface area contributed by atoms with Crippen LogP contribution in [0.25, 0.3) is 0 Å². The van der Waals surface area contributed by atoms with E-state index in [1.807, 2.05) is 18.2 Å².